The molecule has 86 valence electrons. The van der Waals surface area contributed by atoms with Crippen molar-refractivity contribution in [2.75, 3.05) is 0 Å². The molecule has 2 atom stereocenters. The molecule has 0 spiro atoms. The van der Waals surface area contributed by atoms with Gasteiger partial charge in [0.25, 0.3) is 0 Å². The van der Waals surface area contributed by atoms with E-state index < -0.39 is 0 Å². The van der Waals surface area contributed by atoms with E-state index in [2.05, 4.69) is 16.5 Å². The minimum Gasteiger partial charge on any atom is -0.271 e. The third kappa shape index (κ3) is 1.55. The van der Waals surface area contributed by atoms with E-state index in [1.54, 1.807) is 0 Å². The first-order chi connectivity index (χ1) is 7.90. The molecular weight excluding hydrogens is 198 g/mol. The lowest BCUT2D eigenvalue weighted by Gasteiger charge is -2.36. The maximum Gasteiger partial charge on any atom is 0.0482 e. The Hall–Kier alpha value is -0.930. The van der Waals surface area contributed by atoms with E-state index >= 15 is 0 Å². The smallest absolute Gasteiger partial charge is 0.0482 e. The van der Waals surface area contributed by atoms with Crippen molar-refractivity contribution in [3.8, 4) is 0 Å². The van der Waals surface area contributed by atoms with Crippen molar-refractivity contribution >= 4 is 0 Å². The van der Waals surface area contributed by atoms with Gasteiger partial charge in [-0.25, -0.2) is 0 Å². The Bertz CT molecular complexity index is 373. The SMILES string of the molecule is NNC(C1CCC1)C1CCc2cccnc21. The summed E-state index contributed by atoms with van der Waals surface area (Å²) in [7, 11) is 0. The summed E-state index contributed by atoms with van der Waals surface area (Å²) >= 11 is 0. The molecule has 16 heavy (non-hydrogen) atoms. The summed E-state index contributed by atoms with van der Waals surface area (Å²) < 4.78 is 0. The number of fused-ring (bicyclic) bond motifs is 1. The number of pyridine rings is 1. The van der Waals surface area contributed by atoms with Crippen LogP contribution in [0.1, 0.15) is 42.9 Å². The average Bonchev–Trinajstić information content (AvgIpc) is 2.67. The van der Waals surface area contributed by atoms with Crippen molar-refractivity contribution in [2.24, 2.45) is 11.8 Å². The molecule has 0 amide bonds. The summed E-state index contributed by atoms with van der Waals surface area (Å²) in [4.78, 5) is 4.55. The van der Waals surface area contributed by atoms with Crippen LogP contribution in [0.25, 0.3) is 0 Å². The molecule has 1 saturated carbocycles. The standard InChI is InChI=1S/C13H19N3/c14-16-13(9-3-1-4-9)11-7-6-10-5-2-8-15-12(10)11/h2,5,8-9,11,13,16H,1,3-4,6-7,14H2. The molecule has 1 heterocycles. The van der Waals surface area contributed by atoms with E-state index in [0.29, 0.717) is 12.0 Å². The Morgan fingerprint density at radius 3 is 2.94 bits per heavy atom. The summed E-state index contributed by atoms with van der Waals surface area (Å²) in [6.45, 7) is 0. The lowest BCUT2D eigenvalue weighted by Crippen LogP contribution is -2.47. The fourth-order valence-electron chi connectivity index (χ4n) is 3.17. The van der Waals surface area contributed by atoms with Gasteiger partial charge in [0.15, 0.2) is 0 Å². The van der Waals surface area contributed by atoms with Gasteiger partial charge in [0.2, 0.25) is 0 Å². The van der Waals surface area contributed by atoms with Crippen molar-refractivity contribution in [2.45, 2.75) is 44.1 Å². The van der Waals surface area contributed by atoms with Crippen LogP contribution in [0.2, 0.25) is 0 Å². The average molecular weight is 217 g/mol. The number of hydrogen-bond donors (Lipinski definition) is 2. The predicted octanol–water partition coefficient (Wildman–Crippen LogP) is 1.74. The molecule has 3 heteroatoms. The quantitative estimate of drug-likeness (QED) is 0.599. The van der Waals surface area contributed by atoms with Crippen molar-refractivity contribution in [1.29, 1.82) is 0 Å². The van der Waals surface area contributed by atoms with Crippen LogP contribution in [-0.2, 0) is 6.42 Å². The highest BCUT2D eigenvalue weighted by molar-refractivity contribution is 5.30. The summed E-state index contributed by atoms with van der Waals surface area (Å²) in [5.74, 6) is 7.04. The second-order valence-corrected chi connectivity index (χ2v) is 5.08. The summed E-state index contributed by atoms with van der Waals surface area (Å²) in [6, 6.07) is 4.68. The summed E-state index contributed by atoms with van der Waals surface area (Å²) in [5, 5.41) is 0. The van der Waals surface area contributed by atoms with Crippen LogP contribution >= 0.6 is 0 Å². The molecule has 2 unspecified atom stereocenters. The molecule has 0 saturated heterocycles. The lowest BCUT2D eigenvalue weighted by atomic mass is 9.74. The van der Waals surface area contributed by atoms with E-state index in [1.807, 2.05) is 12.3 Å². The number of nitrogens with zero attached hydrogens (tertiary/aromatic N) is 1. The number of hydrazine groups is 1. The third-order valence-corrected chi connectivity index (χ3v) is 4.29. The molecule has 2 aliphatic carbocycles. The van der Waals surface area contributed by atoms with Gasteiger partial charge >= 0.3 is 0 Å². The van der Waals surface area contributed by atoms with Gasteiger partial charge < -0.3 is 0 Å². The molecule has 0 aliphatic heterocycles. The molecule has 0 bridgehead atoms. The number of rotatable bonds is 3. The molecule has 0 radical (unpaired) electrons. The Kier molecular flexibility index (Phi) is 2.65. The zero-order valence-electron chi connectivity index (χ0n) is 9.52. The first-order valence-electron chi connectivity index (χ1n) is 6.30. The van der Waals surface area contributed by atoms with Crippen LogP contribution < -0.4 is 11.3 Å². The van der Waals surface area contributed by atoms with Gasteiger partial charge in [-0.15, -0.1) is 0 Å². The van der Waals surface area contributed by atoms with Crippen LogP contribution in [0.15, 0.2) is 18.3 Å². The molecule has 1 aromatic rings. The Morgan fingerprint density at radius 1 is 1.38 bits per heavy atom. The van der Waals surface area contributed by atoms with Crippen LogP contribution in [0.5, 0.6) is 0 Å². The monoisotopic (exact) mass is 217 g/mol. The minimum absolute atomic E-state index is 0.435. The van der Waals surface area contributed by atoms with E-state index in [9.17, 15) is 0 Å². The van der Waals surface area contributed by atoms with Gasteiger partial charge in [-0.1, -0.05) is 12.5 Å². The number of aryl methyl sites for hydroxylation is 1. The molecule has 2 aliphatic rings. The number of aromatic nitrogens is 1. The van der Waals surface area contributed by atoms with E-state index in [1.165, 1.54) is 43.4 Å². The Morgan fingerprint density at radius 2 is 2.25 bits per heavy atom. The Balaban J connectivity index is 1.84. The van der Waals surface area contributed by atoms with Crippen LogP contribution in [0, 0.1) is 5.92 Å². The highest BCUT2D eigenvalue weighted by atomic mass is 15.2. The van der Waals surface area contributed by atoms with Gasteiger partial charge in [-0.2, -0.15) is 0 Å². The normalized spacial score (nSPS) is 26.2. The summed E-state index contributed by atoms with van der Waals surface area (Å²) in [5.41, 5.74) is 5.76. The van der Waals surface area contributed by atoms with Crippen LogP contribution in [0.4, 0.5) is 0 Å². The first-order valence-corrected chi connectivity index (χ1v) is 6.30. The fraction of sp³-hybridized carbons (Fsp3) is 0.615. The van der Waals surface area contributed by atoms with E-state index in [-0.39, 0.29) is 0 Å². The maximum absolute atomic E-state index is 5.74. The molecule has 0 aromatic carbocycles. The minimum atomic E-state index is 0.435. The number of hydrogen-bond acceptors (Lipinski definition) is 3. The molecule has 1 aromatic heterocycles. The number of nitrogens with one attached hydrogen (secondary N) is 1. The molecule has 3 nitrogen and oxygen atoms in total. The van der Waals surface area contributed by atoms with Crippen molar-refractivity contribution in [3.63, 3.8) is 0 Å². The van der Waals surface area contributed by atoms with Crippen molar-refractivity contribution in [3.05, 3.63) is 29.6 Å². The summed E-state index contributed by atoms with van der Waals surface area (Å²) in [6.07, 6.45) is 8.30. The van der Waals surface area contributed by atoms with Crippen molar-refractivity contribution in [1.82, 2.24) is 10.4 Å². The zero-order chi connectivity index (χ0) is 11.0. The van der Waals surface area contributed by atoms with Gasteiger partial charge in [0, 0.05) is 23.9 Å². The van der Waals surface area contributed by atoms with E-state index in [4.69, 9.17) is 5.84 Å². The molecule has 3 rings (SSSR count). The Labute approximate surface area is 96.4 Å². The van der Waals surface area contributed by atoms with Crippen LogP contribution in [0.3, 0.4) is 0 Å². The zero-order valence-corrected chi connectivity index (χ0v) is 9.52. The second kappa shape index (κ2) is 4.15. The molecular formula is C13H19N3. The maximum atomic E-state index is 5.74. The van der Waals surface area contributed by atoms with Crippen LogP contribution in [-0.4, -0.2) is 11.0 Å². The fourth-order valence-corrected chi connectivity index (χ4v) is 3.17. The number of nitrogens with two attached hydrogens (primary N) is 1. The largest absolute Gasteiger partial charge is 0.271 e. The topological polar surface area (TPSA) is 50.9 Å². The van der Waals surface area contributed by atoms with Gasteiger partial charge in [0.05, 0.1) is 0 Å². The molecule has 1 fully saturated rings. The lowest BCUT2D eigenvalue weighted by molar-refractivity contribution is 0.202. The molecule has 3 N–H and O–H groups in total. The highest BCUT2D eigenvalue weighted by Gasteiger charge is 2.37. The highest BCUT2D eigenvalue weighted by Crippen LogP contribution is 2.41. The first kappa shape index (κ1) is 10.2. The predicted molar refractivity (Wildman–Crippen MR) is 63.8 cm³/mol. The van der Waals surface area contributed by atoms with Gasteiger partial charge in [-0.3, -0.25) is 16.3 Å². The van der Waals surface area contributed by atoms with Gasteiger partial charge in [-0.05, 0) is 43.2 Å². The van der Waals surface area contributed by atoms with E-state index in [0.717, 1.165) is 5.92 Å². The second-order valence-electron chi connectivity index (χ2n) is 5.08. The van der Waals surface area contributed by atoms with Gasteiger partial charge in [0.1, 0.15) is 0 Å². The third-order valence-electron chi connectivity index (χ3n) is 4.29. The van der Waals surface area contributed by atoms with Crippen molar-refractivity contribution < 1.29 is 0 Å².